The summed E-state index contributed by atoms with van der Waals surface area (Å²) in [5, 5.41) is 0. The molecule has 0 N–H and O–H groups in total. The lowest BCUT2D eigenvalue weighted by Crippen LogP contribution is -2.33. The van der Waals surface area contributed by atoms with Crippen LogP contribution in [-0.4, -0.2) is 27.1 Å². The zero-order valence-corrected chi connectivity index (χ0v) is 15.3. The number of halogens is 3. The maximum absolute atomic E-state index is 12.5. The molecule has 134 valence electrons. The number of hydrogen-bond acceptors (Lipinski definition) is 4. The molecule has 1 rings (SSSR count). The van der Waals surface area contributed by atoms with Crippen LogP contribution in [0.4, 0.5) is 13.2 Å². The Morgan fingerprint density at radius 1 is 1.04 bits per heavy atom. The van der Waals surface area contributed by atoms with E-state index in [9.17, 15) is 22.8 Å². The lowest BCUT2D eigenvalue weighted by molar-refractivity contribution is -0.137. The highest BCUT2D eigenvalue weighted by Crippen LogP contribution is 2.30. The van der Waals surface area contributed by atoms with E-state index in [4.69, 9.17) is 0 Å². The first kappa shape index (κ1) is 20.7. The molecule has 0 aromatic carbocycles. The van der Waals surface area contributed by atoms with Gasteiger partial charge in [-0.25, -0.2) is 0 Å². The summed E-state index contributed by atoms with van der Waals surface area (Å²) in [5.74, 6) is 0.0744. The first-order valence-electron chi connectivity index (χ1n) is 7.46. The van der Waals surface area contributed by atoms with Gasteiger partial charge in [0.05, 0.1) is 22.5 Å². The summed E-state index contributed by atoms with van der Waals surface area (Å²) in [6.45, 7) is 8.87. The molecular weight excluding hydrogens is 339 g/mol. The Balaban J connectivity index is 2.70. The van der Waals surface area contributed by atoms with E-state index in [1.54, 1.807) is 13.8 Å². The van der Waals surface area contributed by atoms with Crippen molar-refractivity contribution in [2.75, 3.05) is 5.75 Å². The van der Waals surface area contributed by atoms with Gasteiger partial charge in [-0.1, -0.05) is 20.8 Å². The summed E-state index contributed by atoms with van der Waals surface area (Å²) in [5.41, 5.74) is -1.03. The summed E-state index contributed by atoms with van der Waals surface area (Å²) in [4.78, 5) is 28.1. The molecule has 0 bridgehead atoms. The first-order valence-corrected chi connectivity index (χ1v) is 8.45. The largest absolute Gasteiger partial charge is 0.417 e. The van der Waals surface area contributed by atoms with E-state index in [0.29, 0.717) is 0 Å². The Hall–Kier alpha value is -1.37. The van der Waals surface area contributed by atoms with Crippen LogP contribution in [0.5, 0.6) is 0 Å². The van der Waals surface area contributed by atoms with Crippen LogP contribution >= 0.6 is 11.8 Å². The summed E-state index contributed by atoms with van der Waals surface area (Å²) in [7, 11) is 0. The molecule has 0 saturated carbocycles. The van der Waals surface area contributed by atoms with E-state index >= 15 is 0 Å². The summed E-state index contributed by atoms with van der Waals surface area (Å²) >= 11 is 1.24. The van der Waals surface area contributed by atoms with Crippen molar-refractivity contribution < 1.29 is 22.8 Å². The third-order valence-corrected chi connectivity index (χ3v) is 4.92. The minimum Gasteiger partial charge on any atom is -0.298 e. The molecular formula is C17H22F3NO2S. The number of pyridine rings is 1. The number of carbonyl (C=O) groups excluding carboxylic acids is 2. The minimum absolute atomic E-state index is 0.0426. The van der Waals surface area contributed by atoms with Gasteiger partial charge in [-0.15, -0.1) is 11.8 Å². The van der Waals surface area contributed by atoms with Crippen LogP contribution in [0, 0.1) is 5.41 Å². The summed E-state index contributed by atoms with van der Waals surface area (Å²) in [6.07, 6.45) is -3.79. The van der Waals surface area contributed by atoms with Crippen LogP contribution in [-0.2, 0) is 22.2 Å². The van der Waals surface area contributed by atoms with Crippen molar-refractivity contribution in [3.63, 3.8) is 0 Å². The monoisotopic (exact) mass is 361 g/mol. The van der Waals surface area contributed by atoms with Gasteiger partial charge in [-0.05, 0) is 26.0 Å². The maximum Gasteiger partial charge on any atom is 0.417 e. The second-order valence-electron chi connectivity index (χ2n) is 7.11. The molecule has 3 nitrogen and oxygen atoms in total. The molecule has 0 spiro atoms. The number of nitrogens with zero attached hydrogens (tertiary/aromatic N) is 1. The van der Waals surface area contributed by atoms with Gasteiger partial charge in [0, 0.05) is 17.3 Å². The number of hydrogen-bond donors (Lipinski definition) is 0. The number of rotatable bonds is 6. The standard InChI is InChI=1S/C17H22F3NO2S/c1-15(2,3)14(23)10-24-16(4,5)13(22)8-12-7-6-11(9-21-12)17(18,19)20/h6-7,9H,8,10H2,1-5H3. The average molecular weight is 361 g/mol. The van der Waals surface area contributed by atoms with Crippen molar-refractivity contribution in [2.45, 2.75) is 52.0 Å². The minimum atomic E-state index is -4.45. The van der Waals surface area contributed by atoms with Gasteiger partial charge < -0.3 is 0 Å². The molecule has 1 aromatic rings. The molecule has 0 saturated heterocycles. The zero-order chi connectivity index (χ0) is 18.8. The lowest BCUT2D eigenvalue weighted by atomic mass is 9.92. The second-order valence-corrected chi connectivity index (χ2v) is 8.71. The summed E-state index contributed by atoms with van der Waals surface area (Å²) < 4.78 is 36.7. The molecule has 0 unspecified atom stereocenters. The SMILES string of the molecule is CC(C)(C)C(=O)CSC(C)(C)C(=O)Cc1ccc(C(F)(F)F)cn1. The fourth-order valence-corrected chi connectivity index (χ4v) is 2.78. The highest BCUT2D eigenvalue weighted by Gasteiger charge is 2.33. The molecule has 0 aliphatic heterocycles. The molecule has 0 amide bonds. The molecule has 1 heterocycles. The van der Waals surface area contributed by atoms with Crippen molar-refractivity contribution >= 4 is 23.3 Å². The van der Waals surface area contributed by atoms with Gasteiger partial charge in [0.2, 0.25) is 0 Å². The van der Waals surface area contributed by atoms with Gasteiger partial charge in [-0.3, -0.25) is 14.6 Å². The second kappa shape index (κ2) is 7.25. The maximum atomic E-state index is 12.5. The predicted octanol–water partition coefficient (Wildman–Crippen LogP) is 4.34. The van der Waals surface area contributed by atoms with E-state index in [1.807, 2.05) is 20.8 Å². The Morgan fingerprint density at radius 3 is 2.04 bits per heavy atom. The van der Waals surface area contributed by atoms with Gasteiger partial charge in [-0.2, -0.15) is 13.2 Å². The third kappa shape index (κ3) is 5.92. The highest BCUT2D eigenvalue weighted by molar-refractivity contribution is 8.02. The van der Waals surface area contributed by atoms with E-state index in [-0.39, 0.29) is 29.4 Å². The number of aromatic nitrogens is 1. The van der Waals surface area contributed by atoms with E-state index in [2.05, 4.69) is 4.98 Å². The number of ketones is 2. The van der Waals surface area contributed by atoms with Crippen molar-refractivity contribution in [3.8, 4) is 0 Å². The molecule has 7 heteroatoms. The van der Waals surface area contributed by atoms with Crippen LogP contribution in [0.25, 0.3) is 0 Å². The number of carbonyl (C=O) groups is 2. The summed E-state index contributed by atoms with van der Waals surface area (Å²) in [6, 6.07) is 2.13. The number of thioether (sulfide) groups is 1. The van der Waals surface area contributed by atoms with Crippen molar-refractivity contribution in [3.05, 3.63) is 29.6 Å². The van der Waals surface area contributed by atoms with Gasteiger partial charge in [0.25, 0.3) is 0 Å². The van der Waals surface area contributed by atoms with E-state index in [0.717, 1.165) is 12.3 Å². The van der Waals surface area contributed by atoms with E-state index < -0.39 is 21.9 Å². The fraction of sp³-hybridized carbons (Fsp3) is 0.588. The van der Waals surface area contributed by atoms with Crippen LogP contribution in [0.15, 0.2) is 18.3 Å². The smallest absolute Gasteiger partial charge is 0.298 e. The topological polar surface area (TPSA) is 47.0 Å². The molecule has 0 aliphatic carbocycles. The van der Waals surface area contributed by atoms with Gasteiger partial charge >= 0.3 is 6.18 Å². The lowest BCUT2D eigenvalue weighted by Gasteiger charge is -2.24. The van der Waals surface area contributed by atoms with Gasteiger partial charge in [0.15, 0.2) is 5.78 Å². The molecule has 0 aliphatic rings. The third-order valence-electron chi connectivity index (χ3n) is 3.57. The number of alkyl halides is 3. The zero-order valence-electron chi connectivity index (χ0n) is 14.5. The highest BCUT2D eigenvalue weighted by atomic mass is 32.2. The Labute approximate surface area is 144 Å². The van der Waals surface area contributed by atoms with Crippen molar-refractivity contribution in [2.24, 2.45) is 5.41 Å². The van der Waals surface area contributed by atoms with E-state index in [1.165, 1.54) is 17.8 Å². The Bertz CT molecular complexity index is 602. The average Bonchev–Trinajstić information content (AvgIpc) is 2.43. The normalized spacial score (nSPS) is 13.0. The fourth-order valence-electron chi connectivity index (χ4n) is 1.62. The first-order chi connectivity index (χ1) is 10.7. The van der Waals surface area contributed by atoms with Crippen molar-refractivity contribution in [1.82, 2.24) is 4.98 Å². The molecule has 24 heavy (non-hydrogen) atoms. The predicted molar refractivity (Wildman–Crippen MR) is 88.9 cm³/mol. The Morgan fingerprint density at radius 2 is 1.62 bits per heavy atom. The molecule has 0 atom stereocenters. The quantitative estimate of drug-likeness (QED) is 0.756. The Kier molecular flexibility index (Phi) is 6.25. The molecule has 0 radical (unpaired) electrons. The molecule has 1 aromatic heterocycles. The van der Waals surface area contributed by atoms with Crippen LogP contribution < -0.4 is 0 Å². The molecule has 0 fully saturated rings. The van der Waals surface area contributed by atoms with Crippen LogP contribution in [0.1, 0.15) is 45.9 Å². The van der Waals surface area contributed by atoms with Crippen molar-refractivity contribution in [1.29, 1.82) is 0 Å². The van der Waals surface area contributed by atoms with Gasteiger partial charge in [0.1, 0.15) is 5.78 Å². The van der Waals surface area contributed by atoms with Crippen LogP contribution in [0.2, 0.25) is 0 Å². The van der Waals surface area contributed by atoms with Crippen LogP contribution in [0.3, 0.4) is 0 Å². The number of Topliss-reactive ketones (excluding diaryl/α,β-unsaturated/α-hetero) is 2.